The molecule has 4 nitrogen and oxygen atoms in total. The van der Waals surface area contributed by atoms with Gasteiger partial charge in [-0.3, -0.25) is 4.79 Å². The van der Waals surface area contributed by atoms with Gasteiger partial charge in [0.2, 0.25) is 0 Å². The highest BCUT2D eigenvalue weighted by Gasteiger charge is 2.33. The molecule has 2 rings (SSSR count). The molecular weight excluding hydrogens is 266 g/mol. The van der Waals surface area contributed by atoms with Crippen molar-refractivity contribution in [2.75, 3.05) is 19.7 Å². The monoisotopic (exact) mass is 287 g/mol. The number of nitrogens with zero attached hydrogens (tertiary/aromatic N) is 1. The van der Waals surface area contributed by atoms with Gasteiger partial charge < -0.3 is 14.7 Å². The van der Waals surface area contributed by atoms with Gasteiger partial charge in [0.25, 0.3) is 5.91 Å². The third-order valence-electron chi connectivity index (χ3n) is 3.30. The molecule has 1 N–H and O–H groups in total. The summed E-state index contributed by atoms with van der Waals surface area (Å²) in [6.45, 7) is 7.00. The van der Waals surface area contributed by atoms with Crippen LogP contribution in [0.2, 0.25) is 0 Å². The zero-order valence-corrected chi connectivity index (χ0v) is 12.7. The summed E-state index contributed by atoms with van der Waals surface area (Å²) in [7, 11) is 0. The van der Waals surface area contributed by atoms with E-state index in [9.17, 15) is 4.79 Å². The lowest BCUT2D eigenvalue weighted by atomic mass is 10.0. The number of carbonyl (C=O) groups is 1. The second-order valence-corrected chi connectivity index (χ2v) is 5.91. The molecule has 0 bridgehead atoms. The zero-order valence-electron chi connectivity index (χ0n) is 12.7. The van der Waals surface area contributed by atoms with Crippen molar-refractivity contribution < 1.29 is 14.6 Å². The fraction of sp³-hybridized carbons (Fsp3) is 0.471. The van der Waals surface area contributed by atoms with Crippen molar-refractivity contribution in [1.29, 1.82) is 0 Å². The van der Waals surface area contributed by atoms with E-state index in [1.54, 1.807) is 24.3 Å². The molecule has 1 fully saturated rings. The third-order valence-corrected chi connectivity index (χ3v) is 3.30. The van der Waals surface area contributed by atoms with Crippen molar-refractivity contribution in [1.82, 2.24) is 4.90 Å². The van der Waals surface area contributed by atoms with Crippen LogP contribution in [-0.4, -0.2) is 47.3 Å². The number of hydrogen-bond acceptors (Lipinski definition) is 3. The zero-order chi connectivity index (χ0) is 15.5. The lowest BCUT2D eigenvalue weighted by Gasteiger charge is -2.41. The average molecular weight is 287 g/mol. The standard InChI is InChI=1S/C17H21NO3/c1-13-11-18(12-17(2,3)21-13)16(20)15-8-6-14(7-9-15)5-4-10-19/h6-9,13,19H,10-12H2,1-3H3. The van der Waals surface area contributed by atoms with Crippen LogP contribution in [-0.2, 0) is 4.74 Å². The van der Waals surface area contributed by atoms with Crippen LogP contribution in [0.1, 0.15) is 36.7 Å². The Morgan fingerprint density at radius 2 is 2.10 bits per heavy atom. The summed E-state index contributed by atoms with van der Waals surface area (Å²) < 4.78 is 5.82. The predicted octanol–water partition coefficient (Wildman–Crippen LogP) is 1.67. The van der Waals surface area contributed by atoms with E-state index < -0.39 is 0 Å². The Labute approximate surface area is 125 Å². The van der Waals surface area contributed by atoms with Crippen LogP contribution in [0, 0.1) is 11.8 Å². The molecule has 1 aromatic carbocycles. The maximum atomic E-state index is 12.6. The Kier molecular flexibility index (Phi) is 4.66. The Balaban J connectivity index is 2.12. The van der Waals surface area contributed by atoms with Gasteiger partial charge >= 0.3 is 0 Å². The lowest BCUT2D eigenvalue weighted by Crippen LogP contribution is -2.53. The molecule has 0 saturated carbocycles. The second-order valence-electron chi connectivity index (χ2n) is 5.91. The van der Waals surface area contributed by atoms with Gasteiger partial charge in [-0.15, -0.1) is 0 Å². The van der Waals surface area contributed by atoms with E-state index in [1.807, 2.05) is 25.7 Å². The van der Waals surface area contributed by atoms with Crippen LogP contribution in [0.25, 0.3) is 0 Å². The van der Waals surface area contributed by atoms with Crippen LogP contribution < -0.4 is 0 Å². The summed E-state index contributed by atoms with van der Waals surface area (Å²) in [6, 6.07) is 7.14. The Bertz CT molecular complexity index is 566. The number of amides is 1. The van der Waals surface area contributed by atoms with Gasteiger partial charge in [-0.25, -0.2) is 0 Å². The summed E-state index contributed by atoms with van der Waals surface area (Å²) >= 11 is 0. The van der Waals surface area contributed by atoms with Gasteiger partial charge in [0.1, 0.15) is 6.61 Å². The molecule has 0 aliphatic carbocycles. The van der Waals surface area contributed by atoms with E-state index in [-0.39, 0.29) is 24.2 Å². The smallest absolute Gasteiger partial charge is 0.254 e. The average Bonchev–Trinajstić information content (AvgIpc) is 2.42. The first kappa shape index (κ1) is 15.6. The van der Waals surface area contributed by atoms with Crippen molar-refractivity contribution in [2.45, 2.75) is 32.5 Å². The number of aliphatic hydroxyl groups is 1. The molecule has 1 saturated heterocycles. The first-order valence-electron chi connectivity index (χ1n) is 7.08. The number of benzene rings is 1. The Morgan fingerprint density at radius 1 is 1.43 bits per heavy atom. The summed E-state index contributed by atoms with van der Waals surface area (Å²) in [5.41, 5.74) is 1.12. The molecule has 4 heteroatoms. The molecule has 1 unspecified atom stereocenters. The molecule has 21 heavy (non-hydrogen) atoms. The van der Waals surface area contributed by atoms with Crippen molar-refractivity contribution in [3.05, 3.63) is 35.4 Å². The van der Waals surface area contributed by atoms with Gasteiger partial charge in [0.15, 0.2) is 0 Å². The largest absolute Gasteiger partial charge is 0.384 e. The normalized spacial score (nSPS) is 20.6. The fourth-order valence-corrected chi connectivity index (χ4v) is 2.63. The van der Waals surface area contributed by atoms with E-state index in [0.29, 0.717) is 18.7 Å². The molecule has 0 aromatic heterocycles. The predicted molar refractivity (Wildman–Crippen MR) is 80.9 cm³/mol. The molecule has 1 atom stereocenters. The molecule has 1 aromatic rings. The number of carbonyl (C=O) groups excluding carboxylic acids is 1. The first-order valence-corrected chi connectivity index (χ1v) is 7.08. The van der Waals surface area contributed by atoms with Crippen LogP contribution in [0.3, 0.4) is 0 Å². The summed E-state index contributed by atoms with van der Waals surface area (Å²) in [5.74, 6) is 5.42. The van der Waals surface area contributed by atoms with Crippen molar-refractivity contribution in [3.8, 4) is 11.8 Å². The van der Waals surface area contributed by atoms with Crippen molar-refractivity contribution in [2.24, 2.45) is 0 Å². The third kappa shape index (κ3) is 4.07. The second kappa shape index (κ2) is 6.30. The van der Waals surface area contributed by atoms with Gasteiger partial charge in [0.05, 0.1) is 11.7 Å². The molecule has 1 heterocycles. The van der Waals surface area contributed by atoms with Crippen LogP contribution in [0.5, 0.6) is 0 Å². The van der Waals surface area contributed by atoms with Crippen molar-refractivity contribution >= 4 is 5.91 Å². The molecule has 112 valence electrons. The number of morpholine rings is 1. The number of hydrogen-bond donors (Lipinski definition) is 1. The van der Waals surface area contributed by atoms with Gasteiger partial charge in [-0.2, -0.15) is 0 Å². The molecule has 1 amide bonds. The van der Waals surface area contributed by atoms with Crippen LogP contribution >= 0.6 is 0 Å². The highest BCUT2D eigenvalue weighted by atomic mass is 16.5. The summed E-state index contributed by atoms with van der Waals surface area (Å²) in [4.78, 5) is 14.4. The van der Waals surface area contributed by atoms with E-state index in [2.05, 4.69) is 11.8 Å². The van der Waals surface area contributed by atoms with E-state index in [0.717, 1.165) is 5.56 Å². The Morgan fingerprint density at radius 3 is 2.67 bits per heavy atom. The SMILES string of the molecule is CC1CN(C(=O)c2ccc(C#CCO)cc2)CC(C)(C)O1. The van der Waals surface area contributed by atoms with E-state index in [4.69, 9.17) is 9.84 Å². The minimum atomic E-state index is -0.320. The molecular formula is C17H21NO3. The number of aliphatic hydroxyl groups excluding tert-OH is 1. The highest BCUT2D eigenvalue weighted by Crippen LogP contribution is 2.22. The van der Waals surface area contributed by atoms with Crippen LogP contribution in [0.15, 0.2) is 24.3 Å². The fourth-order valence-electron chi connectivity index (χ4n) is 2.63. The molecule has 0 spiro atoms. The maximum absolute atomic E-state index is 12.6. The molecule has 1 aliphatic rings. The Hall–Kier alpha value is -1.83. The number of ether oxygens (including phenoxy) is 1. The quantitative estimate of drug-likeness (QED) is 0.799. The maximum Gasteiger partial charge on any atom is 0.254 e. The minimum absolute atomic E-state index is 0.0138. The van der Waals surface area contributed by atoms with Gasteiger partial charge in [0, 0.05) is 24.2 Å². The minimum Gasteiger partial charge on any atom is -0.384 e. The molecule has 0 radical (unpaired) electrons. The summed E-state index contributed by atoms with van der Waals surface area (Å²) in [5, 5.41) is 8.67. The highest BCUT2D eigenvalue weighted by molar-refractivity contribution is 5.94. The van der Waals surface area contributed by atoms with Gasteiger partial charge in [-0.05, 0) is 45.0 Å². The number of rotatable bonds is 1. The topological polar surface area (TPSA) is 49.8 Å². The van der Waals surface area contributed by atoms with Crippen LogP contribution in [0.4, 0.5) is 0 Å². The van der Waals surface area contributed by atoms with Crippen molar-refractivity contribution in [3.63, 3.8) is 0 Å². The van der Waals surface area contributed by atoms with E-state index in [1.165, 1.54) is 0 Å². The van der Waals surface area contributed by atoms with E-state index >= 15 is 0 Å². The summed E-state index contributed by atoms with van der Waals surface area (Å²) in [6.07, 6.45) is 0.0346. The first-order chi connectivity index (χ1) is 9.91. The molecule has 1 aliphatic heterocycles. The lowest BCUT2D eigenvalue weighted by molar-refractivity contribution is -0.118. The van der Waals surface area contributed by atoms with Gasteiger partial charge in [-0.1, -0.05) is 11.8 Å².